The summed E-state index contributed by atoms with van der Waals surface area (Å²) in [6.07, 6.45) is 1.23. The molecule has 1 atom stereocenters. The van der Waals surface area contributed by atoms with Crippen molar-refractivity contribution >= 4 is 5.69 Å². The molecule has 0 amide bonds. The molecule has 108 valence electrons. The van der Waals surface area contributed by atoms with E-state index in [0.717, 1.165) is 19.6 Å². The number of likely N-dealkylation sites (N-methyl/N-ethyl adjacent to an activating group) is 1. The topological polar surface area (TPSA) is 18.5 Å². The van der Waals surface area contributed by atoms with Crippen molar-refractivity contribution in [1.82, 2.24) is 9.80 Å². The maximum absolute atomic E-state index is 3.51. The molecule has 0 saturated heterocycles. The van der Waals surface area contributed by atoms with Gasteiger partial charge in [0.05, 0.1) is 0 Å². The van der Waals surface area contributed by atoms with Crippen LogP contribution in [0.1, 0.15) is 20.3 Å². The van der Waals surface area contributed by atoms with E-state index in [2.05, 4.69) is 67.3 Å². The van der Waals surface area contributed by atoms with Crippen molar-refractivity contribution in [3.63, 3.8) is 0 Å². The number of rotatable bonds is 9. The number of benzene rings is 1. The van der Waals surface area contributed by atoms with Gasteiger partial charge >= 0.3 is 0 Å². The van der Waals surface area contributed by atoms with Crippen LogP contribution in [0.5, 0.6) is 0 Å². The third kappa shape index (κ3) is 6.60. The summed E-state index contributed by atoms with van der Waals surface area (Å²) in [4.78, 5) is 4.79. The van der Waals surface area contributed by atoms with Gasteiger partial charge in [0.2, 0.25) is 0 Å². The molecule has 1 N–H and O–H groups in total. The van der Waals surface area contributed by atoms with Crippen LogP contribution in [0.4, 0.5) is 5.69 Å². The van der Waals surface area contributed by atoms with E-state index in [0.29, 0.717) is 6.04 Å². The van der Waals surface area contributed by atoms with Gasteiger partial charge in [-0.2, -0.15) is 0 Å². The monoisotopic (exact) mass is 263 g/mol. The lowest BCUT2D eigenvalue weighted by atomic mass is 10.2. The largest absolute Gasteiger partial charge is 0.383 e. The zero-order valence-corrected chi connectivity index (χ0v) is 12.9. The number of hydrogen-bond donors (Lipinski definition) is 1. The Morgan fingerprint density at radius 1 is 1.11 bits per heavy atom. The molecule has 0 bridgehead atoms. The Bertz CT molecular complexity index is 324. The number of nitrogens with one attached hydrogen (secondary N) is 1. The Hall–Kier alpha value is -1.06. The maximum Gasteiger partial charge on any atom is 0.0340 e. The summed E-state index contributed by atoms with van der Waals surface area (Å²) < 4.78 is 0. The molecular formula is C16H29N3. The van der Waals surface area contributed by atoms with E-state index in [9.17, 15) is 0 Å². The fourth-order valence-electron chi connectivity index (χ4n) is 2.23. The second kappa shape index (κ2) is 8.94. The Morgan fingerprint density at radius 3 is 2.37 bits per heavy atom. The molecule has 0 aliphatic rings. The van der Waals surface area contributed by atoms with Gasteiger partial charge in [-0.3, -0.25) is 4.90 Å². The molecule has 0 aromatic heterocycles. The molecule has 3 heteroatoms. The summed E-state index contributed by atoms with van der Waals surface area (Å²) >= 11 is 0. The molecule has 0 aliphatic heterocycles. The molecule has 1 rings (SSSR count). The first-order valence-corrected chi connectivity index (χ1v) is 7.31. The van der Waals surface area contributed by atoms with Crippen molar-refractivity contribution in [3.8, 4) is 0 Å². The minimum atomic E-state index is 0.562. The smallest absolute Gasteiger partial charge is 0.0340 e. The molecule has 0 fully saturated rings. The second-order valence-corrected chi connectivity index (χ2v) is 5.38. The summed E-state index contributed by atoms with van der Waals surface area (Å²) in [6.45, 7) is 9.00. The molecule has 1 unspecified atom stereocenters. The summed E-state index contributed by atoms with van der Waals surface area (Å²) in [7, 11) is 4.27. The zero-order chi connectivity index (χ0) is 14.1. The number of nitrogens with zero attached hydrogens (tertiary/aromatic N) is 2. The van der Waals surface area contributed by atoms with Crippen LogP contribution in [-0.2, 0) is 0 Å². The van der Waals surface area contributed by atoms with Crippen LogP contribution in [0, 0.1) is 0 Å². The zero-order valence-electron chi connectivity index (χ0n) is 12.9. The van der Waals surface area contributed by atoms with E-state index in [4.69, 9.17) is 0 Å². The van der Waals surface area contributed by atoms with Crippen LogP contribution in [0.15, 0.2) is 30.3 Å². The van der Waals surface area contributed by atoms with Gasteiger partial charge < -0.3 is 10.2 Å². The number of hydrogen-bond acceptors (Lipinski definition) is 3. The predicted molar refractivity (Wildman–Crippen MR) is 84.8 cm³/mol. The Balaban J connectivity index is 2.30. The number of anilines is 1. The molecule has 0 heterocycles. The van der Waals surface area contributed by atoms with Crippen molar-refractivity contribution in [2.45, 2.75) is 26.3 Å². The second-order valence-electron chi connectivity index (χ2n) is 5.38. The summed E-state index contributed by atoms with van der Waals surface area (Å²) in [5.41, 5.74) is 1.21. The van der Waals surface area contributed by atoms with Gasteiger partial charge in [-0.25, -0.2) is 0 Å². The molecule has 19 heavy (non-hydrogen) atoms. The fraction of sp³-hybridized carbons (Fsp3) is 0.625. The van der Waals surface area contributed by atoms with Crippen LogP contribution in [0.3, 0.4) is 0 Å². The third-order valence-corrected chi connectivity index (χ3v) is 3.46. The molecule has 0 spiro atoms. The highest BCUT2D eigenvalue weighted by Gasteiger charge is 2.11. The van der Waals surface area contributed by atoms with Gasteiger partial charge in [0.1, 0.15) is 0 Å². The molecule has 0 radical (unpaired) electrons. The molecule has 3 nitrogen and oxygen atoms in total. The van der Waals surface area contributed by atoms with Crippen molar-refractivity contribution in [3.05, 3.63) is 30.3 Å². The Kier molecular flexibility index (Phi) is 7.53. The molecule has 0 saturated carbocycles. The first-order chi connectivity index (χ1) is 9.13. The lowest BCUT2D eigenvalue weighted by Gasteiger charge is -2.28. The van der Waals surface area contributed by atoms with E-state index in [1.807, 2.05) is 6.07 Å². The quantitative estimate of drug-likeness (QED) is 0.739. The van der Waals surface area contributed by atoms with Crippen LogP contribution in [-0.4, -0.2) is 56.1 Å². The van der Waals surface area contributed by atoms with Gasteiger partial charge in [-0.15, -0.1) is 0 Å². The lowest BCUT2D eigenvalue weighted by Crippen LogP contribution is -2.39. The fourth-order valence-corrected chi connectivity index (χ4v) is 2.23. The predicted octanol–water partition coefficient (Wildman–Crippen LogP) is 2.76. The van der Waals surface area contributed by atoms with E-state index in [1.54, 1.807) is 0 Å². The van der Waals surface area contributed by atoms with E-state index >= 15 is 0 Å². The van der Waals surface area contributed by atoms with Crippen LogP contribution in [0.2, 0.25) is 0 Å². The highest BCUT2D eigenvalue weighted by atomic mass is 15.2. The summed E-state index contributed by atoms with van der Waals surface area (Å²) in [6, 6.07) is 11.0. The summed E-state index contributed by atoms with van der Waals surface area (Å²) in [5.74, 6) is 0. The minimum absolute atomic E-state index is 0.562. The Morgan fingerprint density at radius 2 is 1.79 bits per heavy atom. The van der Waals surface area contributed by atoms with E-state index in [-0.39, 0.29) is 0 Å². The normalized spacial score (nSPS) is 12.9. The van der Waals surface area contributed by atoms with Gasteiger partial charge in [0.15, 0.2) is 0 Å². The SMILES string of the molecule is CCN(CCCN(C)C)C(C)CNc1ccccc1. The molecule has 1 aromatic carbocycles. The highest BCUT2D eigenvalue weighted by Crippen LogP contribution is 2.07. The highest BCUT2D eigenvalue weighted by molar-refractivity contribution is 5.42. The average molecular weight is 263 g/mol. The minimum Gasteiger partial charge on any atom is -0.383 e. The molecule has 0 aliphatic carbocycles. The maximum atomic E-state index is 3.51. The number of para-hydroxylation sites is 1. The van der Waals surface area contributed by atoms with Crippen molar-refractivity contribution in [2.75, 3.05) is 45.6 Å². The summed E-state index contributed by atoms with van der Waals surface area (Å²) in [5, 5.41) is 3.51. The first kappa shape index (κ1) is 16.0. The van der Waals surface area contributed by atoms with Gasteiger partial charge in [-0.05, 0) is 59.2 Å². The van der Waals surface area contributed by atoms with E-state index in [1.165, 1.54) is 18.7 Å². The van der Waals surface area contributed by atoms with Crippen molar-refractivity contribution in [2.24, 2.45) is 0 Å². The van der Waals surface area contributed by atoms with Crippen LogP contribution < -0.4 is 5.32 Å². The first-order valence-electron chi connectivity index (χ1n) is 7.31. The third-order valence-electron chi connectivity index (χ3n) is 3.46. The standard InChI is InChI=1S/C16H29N3/c1-5-19(13-9-12-18(3)4)15(2)14-17-16-10-7-6-8-11-16/h6-8,10-11,15,17H,5,9,12-14H2,1-4H3. The van der Waals surface area contributed by atoms with Gasteiger partial charge in [0, 0.05) is 18.3 Å². The average Bonchev–Trinajstić information content (AvgIpc) is 2.42. The molecular weight excluding hydrogens is 234 g/mol. The lowest BCUT2D eigenvalue weighted by molar-refractivity contribution is 0.215. The van der Waals surface area contributed by atoms with E-state index < -0.39 is 0 Å². The van der Waals surface area contributed by atoms with Crippen molar-refractivity contribution < 1.29 is 0 Å². The van der Waals surface area contributed by atoms with Crippen molar-refractivity contribution in [1.29, 1.82) is 0 Å². The Labute approximate surface area is 118 Å². The molecule has 1 aromatic rings. The van der Waals surface area contributed by atoms with Crippen LogP contribution >= 0.6 is 0 Å². The van der Waals surface area contributed by atoms with Crippen LogP contribution in [0.25, 0.3) is 0 Å². The van der Waals surface area contributed by atoms with Gasteiger partial charge in [0.25, 0.3) is 0 Å². The van der Waals surface area contributed by atoms with Gasteiger partial charge in [-0.1, -0.05) is 25.1 Å².